The van der Waals surface area contributed by atoms with Gasteiger partial charge in [-0.05, 0) is 36.8 Å². The van der Waals surface area contributed by atoms with Crippen molar-refractivity contribution in [2.45, 2.75) is 30.6 Å². The van der Waals surface area contributed by atoms with E-state index in [0.717, 1.165) is 43.2 Å². The Bertz CT molecular complexity index is 879. The lowest BCUT2D eigenvalue weighted by Crippen LogP contribution is -2.42. The number of hydrogen-bond acceptors (Lipinski definition) is 6. The molecular formula is C19H30IN5O4S. The molecule has 2 aliphatic rings. The summed E-state index contributed by atoms with van der Waals surface area (Å²) in [7, 11) is -1.73. The summed E-state index contributed by atoms with van der Waals surface area (Å²) in [6.07, 6.45) is 6.27. The number of likely N-dealkylation sites (tertiary alicyclic amines) is 1. The molecule has 2 N–H and O–H groups in total. The summed E-state index contributed by atoms with van der Waals surface area (Å²) in [5, 5.41) is 17.7. The Morgan fingerprint density at radius 1 is 1.23 bits per heavy atom. The van der Waals surface area contributed by atoms with E-state index >= 15 is 0 Å². The van der Waals surface area contributed by atoms with Crippen LogP contribution in [0.5, 0.6) is 0 Å². The highest BCUT2D eigenvalue weighted by Gasteiger charge is 2.35. The molecule has 9 nitrogen and oxygen atoms in total. The van der Waals surface area contributed by atoms with Gasteiger partial charge in [0.2, 0.25) is 0 Å². The smallest absolute Gasteiger partial charge is 0.293 e. The van der Waals surface area contributed by atoms with Crippen LogP contribution >= 0.6 is 24.0 Å². The predicted octanol–water partition coefficient (Wildman–Crippen LogP) is 2.73. The molecule has 2 unspecified atom stereocenters. The highest BCUT2D eigenvalue weighted by Crippen LogP contribution is 2.36. The van der Waals surface area contributed by atoms with Crippen molar-refractivity contribution in [1.29, 1.82) is 0 Å². The van der Waals surface area contributed by atoms with Crippen molar-refractivity contribution < 1.29 is 13.3 Å². The molecule has 1 aromatic rings. The Labute approximate surface area is 194 Å². The van der Waals surface area contributed by atoms with Crippen molar-refractivity contribution in [2.24, 2.45) is 16.8 Å². The van der Waals surface area contributed by atoms with E-state index in [1.165, 1.54) is 37.8 Å². The molecule has 0 amide bonds. The molecule has 1 heterocycles. The maximum Gasteiger partial charge on any atom is 0.293 e. The molecule has 1 aliphatic carbocycles. The van der Waals surface area contributed by atoms with Crippen molar-refractivity contribution >= 4 is 51.1 Å². The average molecular weight is 551 g/mol. The molecule has 1 saturated carbocycles. The molecule has 0 bridgehead atoms. The third kappa shape index (κ3) is 5.96. The normalized spacial score (nSPS) is 21.5. The monoisotopic (exact) mass is 551 g/mol. The molecule has 0 radical (unpaired) electrons. The summed E-state index contributed by atoms with van der Waals surface area (Å²) in [6.45, 7) is 3.06. The van der Waals surface area contributed by atoms with Crippen LogP contribution in [0.4, 0.5) is 11.4 Å². The molecule has 0 aromatic heterocycles. The molecular weight excluding hydrogens is 521 g/mol. The lowest BCUT2D eigenvalue weighted by Gasteiger charge is -2.22. The number of nitro benzene ring substituents is 1. The number of nitrogens with one attached hydrogen (secondary N) is 2. The molecule has 2 fully saturated rings. The fourth-order valence-electron chi connectivity index (χ4n) is 4.33. The van der Waals surface area contributed by atoms with Gasteiger partial charge in [-0.1, -0.05) is 12.8 Å². The van der Waals surface area contributed by atoms with Gasteiger partial charge < -0.3 is 15.5 Å². The first-order valence-electron chi connectivity index (χ1n) is 9.97. The van der Waals surface area contributed by atoms with Gasteiger partial charge in [0.05, 0.1) is 9.82 Å². The number of guanidine groups is 1. The van der Waals surface area contributed by atoms with Crippen LogP contribution in [-0.2, 0) is 9.84 Å². The van der Waals surface area contributed by atoms with Gasteiger partial charge >= 0.3 is 0 Å². The largest absolute Gasteiger partial charge is 0.378 e. The van der Waals surface area contributed by atoms with Gasteiger partial charge in [-0.2, -0.15) is 0 Å². The first kappa shape index (κ1) is 24.6. The number of nitrogens with zero attached hydrogens (tertiary/aromatic N) is 3. The lowest BCUT2D eigenvalue weighted by atomic mass is 9.82. The van der Waals surface area contributed by atoms with Crippen LogP contribution in [0.15, 0.2) is 28.1 Å². The predicted molar refractivity (Wildman–Crippen MR) is 128 cm³/mol. The third-order valence-corrected chi connectivity index (χ3v) is 6.92. The fourth-order valence-corrected chi connectivity index (χ4v) is 4.97. The van der Waals surface area contributed by atoms with E-state index in [-0.39, 0.29) is 34.6 Å². The Hall–Kier alpha value is -1.63. The van der Waals surface area contributed by atoms with E-state index in [9.17, 15) is 18.5 Å². The summed E-state index contributed by atoms with van der Waals surface area (Å²) in [5.74, 6) is 2.39. The molecule has 0 spiro atoms. The first-order valence-corrected chi connectivity index (χ1v) is 11.9. The molecule has 3 rings (SSSR count). The topological polar surface area (TPSA) is 117 Å². The zero-order valence-corrected chi connectivity index (χ0v) is 20.5. The van der Waals surface area contributed by atoms with Crippen LogP contribution in [0.25, 0.3) is 0 Å². The molecule has 30 heavy (non-hydrogen) atoms. The number of aliphatic imine (C=N–C) groups is 1. The Morgan fingerprint density at radius 3 is 2.40 bits per heavy atom. The number of halogens is 1. The van der Waals surface area contributed by atoms with Gasteiger partial charge in [-0.25, -0.2) is 8.42 Å². The SMILES string of the molecule is CN=C(NCCNc1ccc(S(C)(=O)=O)cc1[N+](=O)[O-])N1CC2CCCCC2C1.I. The minimum atomic E-state index is -3.50. The number of nitro groups is 1. The third-order valence-electron chi connectivity index (χ3n) is 5.81. The van der Waals surface area contributed by atoms with Gasteiger partial charge in [-0.15, -0.1) is 24.0 Å². The second-order valence-electron chi connectivity index (χ2n) is 7.82. The van der Waals surface area contributed by atoms with Crippen molar-refractivity contribution in [3.8, 4) is 0 Å². The molecule has 11 heteroatoms. The van der Waals surface area contributed by atoms with E-state index in [0.29, 0.717) is 18.8 Å². The van der Waals surface area contributed by atoms with E-state index in [1.807, 2.05) is 0 Å². The standard InChI is InChI=1S/C19H29N5O4S.HI/c1-20-19(23-12-14-5-3-4-6-15(14)13-23)22-10-9-21-17-8-7-16(29(2,27)28)11-18(17)24(25)26;/h7-8,11,14-15,21H,3-6,9-10,12-13H2,1-2H3,(H,20,22);1H. The number of rotatable bonds is 6. The van der Waals surface area contributed by atoms with Gasteiger partial charge in [0.1, 0.15) is 5.69 Å². The van der Waals surface area contributed by atoms with Crippen LogP contribution in [0.3, 0.4) is 0 Å². The molecule has 1 aromatic carbocycles. The Kier molecular flexibility index (Phi) is 8.71. The second kappa shape index (κ2) is 10.6. The number of fused-ring (bicyclic) bond motifs is 1. The van der Waals surface area contributed by atoms with Crippen LogP contribution in [0, 0.1) is 22.0 Å². The second-order valence-corrected chi connectivity index (χ2v) is 9.83. The number of hydrogen-bond donors (Lipinski definition) is 2. The van der Waals surface area contributed by atoms with E-state index in [1.54, 1.807) is 7.05 Å². The summed E-state index contributed by atoms with van der Waals surface area (Å²) in [6, 6.07) is 3.91. The Balaban J connectivity index is 0.00000320. The van der Waals surface area contributed by atoms with Gasteiger partial charge in [0, 0.05) is 45.5 Å². The number of benzene rings is 1. The van der Waals surface area contributed by atoms with E-state index in [4.69, 9.17) is 0 Å². The van der Waals surface area contributed by atoms with Crippen LogP contribution in [-0.4, -0.2) is 63.7 Å². The van der Waals surface area contributed by atoms with E-state index in [2.05, 4.69) is 20.5 Å². The van der Waals surface area contributed by atoms with Gasteiger partial charge in [-0.3, -0.25) is 15.1 Å². The summed E-state index contributed by atoms with van der Waals surface area (Å²) < 4.78 is 23.3. The molecule has 168 valence electrons. The minimum absolute atomic E-state index is 0. The number of anilines is 1. The molecule has 2 atom stereocenters. The highest BCUT2D eigenvalue weighted by molar-refractivity contribution is 14.0. The molecule has 1 aliphatic heterocycles. The van der Waals surface area contributed by atoms with Crippen molar-refractivity contribution in [2.75, 3.05) is 44.8 Å². The maximum absolute atomic E-state index is 11.6. The van der Waals surface area contributed by atoms with Gasteiger partial charge in [0.15, 0.2) is 15.8 Å². The minimum Gasteiger partial charge on any atom is -0.378 e. The van der Waals surface area contributed by atoms with Crippen LogP contribution in [0.2, 0.25) is 0 Å². The zero-order chi connectivity index (χ0) is 21.0. The zero-order valence-electron chi connectivity index (χ0n) is 17.3. The summed E-state index contributed by atoms with van der Waals surface area (Å²) >= 11 is 0. The van der Waals surface area contributed by atoms with Gasteiger partial charge in [0.25, 0.3) is 5.69 Å². The maximum atomic E-state index is 11.6. The first-order chi connectivity index (χ1) is 13.8. The van der Waals surface area contributed by atoms with Crippen molar-refractivity contribution in [3.05, 3.63) is 28.3 Å². The summed E-state index contributed by atoms with van der Waals surface area (Å²) in [5.41, 5.74) is 0.0484. The Morgan fingerprint density at radius 2 is 1.87 bits per heavy atom. The number of sulfone groups is 1. The fraction of sp³-hybridized carbons (Fsp3) is 0.632. The van der Waals surface area contributed by atoms with Crippen molar-refractivity contribution in [1.82, 2.24) is 10.2 Å². The van der Waals surface area contributed by atoms with Crippen molar-refractivity contribution in [3.63, 3.8) is 0 Å². The van der Waals surface area contributed by atoms with Crippen LogP contribution in [0.1, 0.15) is 25.7 Å². The summed E-state index contributed by atoms with van der Waals surface area (Å²) in [4.78, 5) is 17.4. The van der Waals surface area contributed by atoms with Crippen LogP contribution < -0.4 is 10.6 Å². The quantitative estimate of drug-likeness (QED) is 0.140. The molecule has 1 saturated heterocycles. The van der Waals surface area contributed by atoms with E-state index < -0.39 is 14.8 Å². The average Bonchev–Trinajstić information content (AvgIpc) is 3.11. The highest BCUT2D eigenvalue weighted by atomic mass is 127. The lowest BCUT2D eigenvalue weighted by molar-refractivity contribution is -0.384.